The molecule has 0 atom stereocenters. The quantitative estimate of drug-likeness (QED) is 0.658. The summed E-state index contributed by atoms with van der Waals surface area (Å²) in [6.07, 6.45) is 2.00. The first-order valence-electron chi connectivity index (χ1n) is 8.66. The fourth-order valence-electron chi connectivity index (χ4n) is 2.95. The SMILES string of the molecule is OCc1nnc(-c2ccc(N3CCC(Oc4ccccc4Br)CC3)nn2)o1. The maximum atomic E-state index is 8.99. The lowest BCUT2D eigenvalue weighted by atomic mass is 10.1. The van der Waals surface area contributed by atoms with Crippen molar-refractivity contribution in [1.29, 1.82) is 0 Å². The van der Waals surface area contributed by atoms with Crippen LogP contribution in [0.4, 0.5) is 5.82 Å². The van der Waals surface area contributed by atoms with Gasteiger partial charge in [-0.25, -0.2) is 0 Å². The minimum absolute atomic E-state index is 0.156. The van der Waals surface area contributed by atoms with Gasteiger partial charge < -0.3 is 19.2 Å². The number of para-hydroxylation sites is 1. The van der Waals surface area contributed by atoms with E-state index < -0.39 is 0 Å². The zero-order chi connectivity index (χ0) is 18.6. The molecular weight excluding hydrogens is 414 g/mol. The van der Waals surface area contributed by atoms with E-state index in [4.69, 9.17) is 14.3 Å². The van der Waals surface area contributed by atoms with Crippen LogP contribution < -0.4 is 9.64 Å². The van der Waals surface area contributed by atoms with Gasteiger partial charge in [0.05, 0.1) is 4.47 Å². The Morgan fingerprint density at radius 1 is 1.07 bits per heavy atom. The van der Waals surface area contributed by atoms with Gasteiger partial charge in [-0.2, -0.15) is 0 Å². The highest BCUT2D eigenvalue weighted by Gasteiger charge is 2.22. The predicted octanol–water partition coefficient (Wildman–Crippen LogP) is 2.83. The molecule has 1 aromatic carbocycles. The first kappa shape index (κ1) is 17.9. The van der Waals surface area contributed by atoms with Crippen LogP contribution in [-0.2, 0) is 6.61 Å². The summed E-state index contributed by atoms with van der Waals surface area (Å²) in [5.74, 6) is 2.09. The van der Waals surface area contributed by atoms with Crippen LogP contribution in [-0.4, -0.2) is 44.7 Å². The molecule has 140 valence electrons. The van der Waals surface area contributed by atoms with Crippen molar-refractivity contribution in [2.45, 2.75) is 25.6 Å². The van der Waals surface area contributed by atoms with Gasteiger partial charge in [0.1, 0.15) is 24.2 Å². The van der Waals surface area contributed by atoms with Crippen molar-refractivity contribution in [2.75, 3.05) is 18.0 Å². The number of piperidine rings is 1. The molecule has 0 radical (unpaired) electrons. The standard InChI is InChI=1S/C18H18BrN5O3/c19-13-3-1-2-4-15(13)26-12-7-9-24(10-8-12)16-6-5-14(20-21-16)18-23-22-17(11-25)27-18/h1-6,12,25H,7-11H2. The van der Waals surface area contributed by atoms with E-state index in [1.165, 1.54) is 0 Å². The number of aliphatic hydroxyl groups excluding tert-OH is 1. The van der Waals surface area contributed by atoms with Gasteiger partial charge in [0, 0.05) is 25.9 Å². The maximum absolute atomic E-state index is 8.99. The van der Waals surface area contributed by atoms with Gasteiger partial charge in [-0.05, 0) is 40.2 Å². The van der Waals surface area contributed by atoms with Crippen LogP contribution >= 0.6 is 15.9 Å². The van der Waals surface area contributed by atoms with E-state index in [1.54, 1.807) is 6.07 Å². The predicted molar refractivity (Wildman–Crippen MR) is 101 cm³/mol. The zero-order valence-corrected chi connectivity index (χ0v) is 16.0. The van der Waals surface area contributed by atoms with Crippen LogP contribution in [0.3, 0.4) is 0 Å². The highest BCUT2D eigenvalue weighted by atomic mass is 79.9. The average molecular weight is 432 g/mol. The summed E-state index contributed by atoms with van der Waals surface area (Å²) in [4.78, 5) is 2.18. The molecule has 3 aromatic rings. The molecule has 1 saturated heterocycles. The normalized spacial score (nSPS) is 15.1. The van der Waals surface area contributed by atoms with Crippen molar-refractivity contribution in [2.24, 2.45) is 0 Å². The third-order valence-electron chi connectivity index (χ3n) is 4.37. The van der Waals surface area contributed by atoms with E-state index in [0.29, 0.717) is 5.69 Å². The van der Waals surface area contributed by atoms with E-state index in [-0.39, 0.29) is 24.5 Å². The van der Waals surface area contributed by atoms with Crippen LogP contribution in [0, 0.1) is 0 Å². The Morgan fingerprint density at radius 3 is 2.56 bits per heavy atom. The van der Waals surface area contributed by atoms with Crippen molar-refractivity contribution in [3.8, 4) is 17.3 Å². The Hall–Kier alpha value is -2.52. The average Bonchev–Trinajstić information content (AvgIpc) is 3.20. The van der Waals surface area contributed by atoms with Gasteiger partial charge >= 0.3 is 0 Å². The van der Waals surface area contributed by atoms with Crippen molar-refractivity contribution < 1.29 is 14.3 Å². The van der Waals surface area contributed by atoms with Gasteiger partial charge in [-0.3, -0.25) is 0 Å². The molecule has 1 N–H and O–H groups in total. The van der Waals surface area contributed by atoms with Crippen molar-refractivity contribution in [1.82, 2.24) is 20.4 Å². The Kier molecular flexibility index (Phi) is 5.30. The van der Waals surface area contributed by atoms with Crippen LogP contribution in [0.1, 0.15) is 18.7 Å². The van der Waals surface area contributed by atoms with Gasteiger partial charge in [-0.1, -0.05) is 12.1 Å². The lowest BCUT2D eigenvalue weighted by Crippen LogP contribution is -2.38. The number of anilines is 1. The first-order valence-corrected chi connectivity index (χ1v) is 9.45. The van der Waals surface area contributed by atoms with Crippen molar-refractivity contribution >= 4 is 21.7 Å². The number of rotatable bonds is 5. The molecule has 27 heavy (non-hydrogen) atoms. The zero-order valence-electron chi connectivity index (χ0n) is 14.5. The van der Waals surface area contributed by atoms with Crippen LogP contribution in [0.25, 0.3) is 11.6 Å². The largest absolute Gasteiger partial charge is 0.489 e. The summed E-state index contributed by atoms with van der Waals surface area (Å²) in [7, 11) is 0. The topological polar surface area (TPSA) is 97.4 Å². The molecule has 8 nitrogen and oxygen atoms in total. The highest BCUT2D eigenvalue weighted by Crippen LogP contribution is 2.28. The van der Waals surface area contributed by atoms with Gasteiger partial charge in [0.2, 0.25) is 5.89 Å². The molecule has 3 heterocycles. The monoisotopic (exact) mass is 431 g/mol. The summed E-state index contributed by atoms with van der Waals surface area (Å²) in [6, 6.07) is 11.6. The number of aliphatic hydroxyl groups is 1. The number of hydrogen-bond acceptors (Lipinski definition) is 8. The van der Waals surface area contributed by atoms with E-state index in [2.05, 4.69) is 41.2 Å². The Bertz CT molecular complexity index is 894. The Morgan fingerprint density at radius 2 is 1.89 bits per heavy atom. The molecular formula is C18H18BrN5O3. The summed E-state index contributed by atoms with van der Waals surface area (Å²) in [6.45, 7) is 1.39. The molecule has 0 bridgehead atoms. The molecule has 0 spiro atoms. The van der Waals surface area contributed by atoms with Crippen LogP contribution in [0.5, 0.6) is 5.75 Å². The van der Waals surface area contributed by atoms with Crippen LogP contribution in [0.2, 0.25) is 0 Å². The number of nitrogens with zero attached hydrogens (tertiary/aromatic N) is 5. The van der Waals surface area contributed by atoms with Crippen LogP contribution in [0.15, 0.2) is 45.3 Å². The number of hydrogen-bond donors (Lipinski definition) is 1. The second-order valence-corrected chi connectivity index (χ2v) is 7.02. The third kappa shape index (κ3) is 4.09. The lowest BCUT2D eigenvalue weighted by molar-refractivity contribution is 0.169. The molecule has 4 rings (SSSR count). The second kappa shape index (κ2) is 8.01. The molecule has 0 amide bonds. The fraction of sp³-hybridized carbons (Fsp3) is 0.333. The molecule has 2 aromatic heterocycles. The molecule has 1 aliphatic rings. The first-order chi connectivity index (χ1) is 13.2. The summed E-state index contributed by atoms with van der Waals surface area (Å²) in [5, 5.41) is 25.0. The fourth-order valence-corrected chi connectivity index (χ4v) is 3.33. The number of benzene rings is 1. The van der Waals surface area contributed by atoms with Gasteiger partial charge in [0.25, 0.3) is 5.89 Å². The van der Waals surface area contributed by atoms with Crippen molar-refractivity contribution in [3.63, 3.8) is 0 Å². The van der Waals surface area contributed by atoms with Gasteiger partial charge in [-0.15, -0.1) is 20.4 Å². The smallest absolute Gasteiger partial charge is 0.268 e. The molecule has 1 aliphatic heterocycles. The molecule has 0 saturated carbocycles. The Labute approximate surface area is 164 Å². The minimum Gasteiger partial charge on any atom is -0.489 e. The van der Waals surface area contributed by atoms with E-state index >= 15 is 0 Å². The van der Waals surface area contributed by atoms with E-state index in [9.17, 15) is 0 Å². The van der Waals surface area contributed by atoms with E-state index in [0.717, 1.165) is 42.0 Å². The molecule has 0 aliphatic carbocycles. The van der Waals surface area contributed by atoms with E-state index in [1.807, 2.05) is 30.3 Å². The lowest BCUT2D eigenvalue weighted by Gasteiger charge is -2.32. The summed E-state index contributed by atoms with van der Waals surface area (Å²) >= 11 is 3.52. The van der Waals surface area contributed by atoms with Gasteiger partial charge in [0.15, 0.2) is 5.82 Å². The summed E-state index contributed by atoms with van der Waals surface area (Å²) < 4.78 is 12.3. The third-order valence-corrected chi connectivity index (χ3v) is 5.02. The second-order valence-electron chi connectivity index (χ2n) is 6.17. The number of aromatic nitrogens is 4. The summed E-state index contributed by atoms with van der Waals surface area (Å²) in [5.41, 5.74) is 0.484. The van der Waals surface area contributed by atoms with Crippen molar-refractivity contribution in [3.05, 3.63) is 46.8 Å². The molecule has 1 fully saturated rings. The maximum Gasteiger partial charge on any atom is 0.268 e. The minimum atomic E-state index is -0.297. The Balaban J connectivity index is 1.36. The number of halogens is 1. The molecule has 9 heteroatoms. The highest BCUT2D eigenvalue weighted by molar-refractivity contribution is 9.10. The molecule has 0 unspecified atom stereocenters. The number of ether oxygens (including phenoxy) is 1.